The molecule has 0 aliphatic carbocycles. The molecule has 0 bridgehead atoms. The predicted octanol–water partition coefficient (Wildman–Crippen LogP) is 4.12. The van der Waals surface area contributed by atoms with E-state index in [4.69, 9.17) is 5.26 Å². The van der Waals surface area contributed by atoms with E-state index >= 15 is 0 Å². The Bertz CT molecular complexity index is 1230. The highest BCUT2D eigenvalue weighted by Gasteiger charge is 2.14. The molecular weight excluding hydrogens is 396 g/mol. The van der Waals surface area contributed by atoms with Crippen LogP contribution >= 0.6 is 11.3 Å². The number of nitriles is 1. The fourth-order valence-corrected chi connectivity index (χ4v) is 4.13. The van der Waals surface area contributed by atoms with E-state index in [1.807, 2.05) is 59.3 Å². The molecule has 2 aromatic carbocycles. The zero-order valence-corrected chi connectivity index (χ0v) is 17.2. The first kappa shape index (κ1) is 19.6. The Kier molecular flexibility index (Phi) is 5.72. The zero-order valence-electron chi connectivity index (χ0n) is 16.4. The minimum absolute atomic E-state index is 0.251. The number of fused-ring (bicyclic) bond motifs is 2. The van der Waals surface area contributed by atoms with Crippen molar-refractivity contribution in [3.05, 3.63) is 60.3 Å². The van der Waals surface area contributed by atoms with Crippen molar-refractivity contribution in [2.45, 2.75) is 25.9 Å². The van der Waals surface area contributed by atoms with Crippen molar-refractivity contribution in [1.82, 2.24) is 15.0 Å². The van der Waals surface area contributed by atoms with Crippen molar-refractivity contribution in [3.63, 3.8) is 0 Å². The summed E-state index contributed by atoms with van der Waals surface area (Å²) in [5.74, 6) is -0.251. The topological polar surface area (TPSA) is 95.1 Å². The number of thiazole rings is 1. The van der Waals surface area contributed by atoms with Gasteiger partial charge in [0.1, 0.15) is 6.04 Å². The van der Waals surface area contributed by atoms with Gasteiger partial charge in [0.15, 0.2) is 5.13 Å². The number of aryl methyl sites for hydroxylation is 1. The number of hydrogen-bond acceptors (Lipinski definition) is 6. The summed E-state index contributed by atoms with van der Waals surface area (Å²) in [5.41, 5.74) is 5.41. The molecule has 30 heavy (non-hydrogen) atoms. The Morgan fingerprint density at radius 1 is 1.30 bits per heavy atom. The predicted molar refractivity (Wildman–Crippen MR) is 121 cm³/mol. The van der Waals surface area contributed by atoms with Crippen molar-refractivity contribution < 1.29 is 4.79 Å². The third kappa shape index (κ3) is 4.16. The number of para-hydroxylation sites is 2. The molecule has 4 rings (SSSR count). The van der Waals surface area contributed by atoms with E-state index < -0.39 is 6.04 Å². The lowest BCUT2D eigenvalue weighted by Gasteiger charge is -2.10. The van der Waals surface area contributed by atoms with Crippen molar-refractivity contribution in [3.8, 4) is 6.07 Å². The highest BCUT2D eigenvalue weighted by molar-refractivity contribution is 7.22. The number of aromatic nitrogens is 2. The summed E-state index contributed by atoms with van der Waals surface area (Å²) in [5, 5.41) is 17.8. The van der Waals surface area contributed by atoms with Gasteiger partial charge in [-0.25, -0.2) is 10.4 Å². The van der Waals surface area contributed by atoms with Crippen LogP contribution in [0.1, 0.15) is 18.9 Å². The summed E-state index contributed by atoms with van der Waals surface area (Å²) in [6.07, 6.45) is 4.01. The minimum atomic E-state index is -0.486. The van der Waals surface area contributed by atoms with E-state index in [0.29, 0.717) is 18.1 Å². The maximum absolute atomic E-state index is 12.4. The molecule has 0 saturated heterocycles. The third-order valence-corrected chi connectivity index (χ3v) is 5.66. The fourth-order valence-electron chi connectivity index (χ4n) is 3.18. The zero-order chi connectivity index (χ0) is 20.9. The first-order valence-corrected chi connectivity index (χ1v) is 10.4. The second kappa shape index (κ2) is 8.76. The van der Waals surface area contributed by atoms with Gasteiger partial charge in [-0.15, -0.1) is 0 Å². The standard InChI is InChI=1S/C22H20N6OS/c1-15(25-22-26-18-8-3-5-10-20(18)30-22)21(29)27-24-13-16-14-28(12-6-11-23)19-9-4-2-7-17(16)19/h2-5,7-10,13-15H,6,12H2,1H3,(H,25,26)(H,27,29)/b24-13-/t15-/m1/s1. The highest BCUT2D eigenvalue weighted by atomic mass is 32.1. The van der Waals surface area contributed by atoms with Gasteiger partial charge in [0.25, 0.3) is 5.91 Å². The maximum atomic E-state index is 12.4. The number of benzene rings is 2. The molecule has 1 amide bonds. The highest BCUT2D eigenvalue weighted by Crippen LogP contribution is 2.25. The second-order valence-corrected chi connectivity index (χ2v) is 7.82. The van der Waals surface area contributed by atoms with Crippen LogP contribution in [0.25, 0.3) is 21.1 Å². The van der Waals surface area contributed by atoms with Gasteiger partial charge in [-0.2, -0.15) is 10.4 Å². The van der Waals surface area contributed by atoms with E-state index in [-0.39, 0.29) is 5.91 Å². The van der Waals surface area contributed by atoms with Crippen LogP contribution in [0.4, 0.5) is 5.13 Å². The van der Waals surface area contributed by atoms with E-state index in [9.17, 15) is 4.79 Å². The van der Waals surface area contributed by atoms with Crippen LogP contribution in [0.5, 0.6) is 0 Å². The summed E-state index contributed by atoms with van der Waals surface area (Å²) in [4.78, 5) is 16.9. The molecule has 0 radical (unpaired) electrons. The molecule has 0 unspecified atom stereocenters. The van der Waals surface area contributed by atoms with Gasteiger partial charge in [0.05, 0.1) is 28.9 Å². The number of hydrogen-bond donors (Lipinski definition) is 2. The minimum Gasteiger partial charge on any atom is -0.350 e. The first-order chi connectivity index (χ1) is 14.7. The fraction of sp³-hybridized carbons (Fsp3) is 0.182. The number of hydrazone groups is 1. The van der Waals surface area contributed by atoms with Gasteiger partial charge in [-0.05, 0) is 25.1 Å². The number of carbonyl (C=O) groups excluding carboxylic acids is 1. The number of anilines is 1. The van der Waals surface area contributed by atoms with Gasteiger partial charge in [-0.3, -0.25) is 4.79 Å². The smallest absolute Gasteiger partial charge is 0.262 e. The van der Waals surface area contributed by atoms with Crippen LogP contribution in [0.2, 0.25) is 0 Å². The lowest BCUT2D eigenvalue weighted by Crippen LogP contribution is -2.34. The van der Waals surface area contributed by atoms with Crippen LogP contribution in [-0.2, 0) is 11.3 Å². The molecular formula is C22H20N6OS. The van der Waals surface area contributed by atoms with Crippen molar-refractivity contribution >= 4 is 49.7 Å². The van der Waals surface area contributed by atoms with Crippen LogP contribution in [0.3, 0.4) is 0 Å². The molecule has 8 heteroatoms. The van der Waals surface area contributed by atoms with Crippen LogP contribution in [0, 0.1) is 11.3 Å². The lowest BCUT2D eigenvalue weighted by atomic mass is 10.2. The summed E-state index contributed by atoms with van der Waals surface area (Å²) >= 11 is 1.51. The molecule has 2 N–H and O–H groups in total. The van der Waals surface area contributed by atoms with Crippen molar-refractivity contribution in [2.24, 2.45) is 5.10 Å². The van der Waals surface area contributed by atoms with Gasteiger partial charge < -0.3 is 9.88 Å². The largest absolute Gasteiger partial charge is 0.350 e. The lowest BCUT2D eigenvalue weighted by molar-refractivity contribution is -0.121. The monoisotopic (exact) mass is 416 g/mol. The molecule has 0 saturated carbocycles. The average Bonchev–Trinajstić information content (AvgIpc) is 3.33. The van der Waals surface area contributed by atoms with E-state index in [1.165, 1.54) is 11.3 Å². The van der Waals surface area contributed by atoms with Gasteiger partial charge >= 0.3 is 0 Å². The average molecular weight is 417 g/mol. The molecule has 0 spiro atoms. The normalized spacial score (nSPS) is 12.3. The molecule has 150 valence electrons. The second-order valence-electron chi connectivity index (χ2n) is 6.79. The summed E-state index contributed by atoms with van der Waals surface area (Å²) in [7, 11) is 0. The molecule has 0 aliphatic heterocycles. The number of amides is 1. The number of nitrogens with one attached hydrogen (secondary N) is 2. The molecule has 2 aromatic heterocycles. The summed E-state index contributed by atoms with van der Waals surface area (Å²) in [6.45, 7) is 2.38. The third-order valence-electron chi connectivity index (χ3n) is 4.69. The Balaban J connectivity index is 1.42. The van der Waals surface area contributed by atoms with E-state index in [0.717, 1.165) is 26.7 Å². The molecule has 1 atom stereocenters. The first-order valence-electron chi connectivity index (χ1n) is 9.55. The Labute approximate surface area is 177 Å². The number of carbonyl (C=O) groups is 1. The van der Waals surface area contributed by atoms with Crippen LogP contribution in [0.15, 0.2) is 59.8 Å². The summed E-state index contributed by atoms with van der Waals surface area (Å²) < 4.78 is 3.09. The van der Waals surface area contributed by atoms with Gasteiger partial charge in [0.2, 0.25) is 0 Å². The quantitative estimate of drug-likeness (QED) is 0.350. The molecule has 0 fully saturated rings. The van der Waals surface area contributed by atoms with Gasteiger partial charge in [0, 0.05) is 29.2 Å². The van der Waals surface area contributed by atoms with Crippen LogP contribution in [-0.4, -0.2) is 27.7 Å². The van der Waals surface area contributed by atoms with Crippen molar-refractivity contribution in [1.29, 1.82) is 5.26 Å². The molecule has 2 heterocycles. The number of rotatable bonds is 7. The summed E-state index contributed by atoms with van der Waals surface area (Å²) in [6, 6.07) is 17.4. The van der Waals surface area contributed by atoms with Gasteiger partial charge in [-0.1, -0.05) is 41.7 Å². The molecule has 7 nitrogen and oxygen atoms in total. The number of nitrogens with zero attached hydrogens (tertiary/aromatic N) is 4. The Morgan fingerprint density at radius 3 is 2.93 bits per heavy atom. The maximum Gasteiger partial charge on any atom is 0.262 e. The van der Waals surface area contributed by atoms with Crippen LogP contribution < -0.4 is 10.7 Å². The Morgan fingerprint density at radius 2 is 2.10 bits per heavy atom. The van der Waals surface area contributed by atoms with E-state index in [1.54, 1.807) is 13.1 Å². The molecule has 0 aliphatic rings. The Hall–Kier alpha value is -3.70. The molecule has 4 aromatic rings. The van der Waals surface area contributed by atoms with E-state index in [2.05, 4.69) is 26.9 Å². The SMILES string of the molecule is C[C@@H](Nc1nc2ccccc2s1)C(=O)N/N=C\c1cn(CCC#N)c2ccccc12. The van der Waals surface area contributed by atoms with Crippen molar-refractivity contribution in [2.75, 3.05) is 5.32 Å².